The maximum absolute atomic E-state index is 5.72. The van der Waals surface area contributed by atoms with Gasteiger partial charge in [0, 0.05) is 11.9 Å². The first-order valence-corrected chi connectivity index (χ1v) is 9.04. The Morgan fingerprint density at radius 3 is 2.43 bits per heavy atom. The lowest BCUT2D eigenvalue weighted by Crippen LogP contribution is -1.96. The summed E-state index contributed by atoms with van der Waals surface area (Å²) in [5, 5.41) is 1.14. The summed E-state index contributed by atoms with van der Waals surface area (Å²) in [6, 6.07) is 6.00. The molecular formula is C17H25BrO3. The Balaban J connectivity index is 1.47. The number of unbranched alkanes of at least 4 members (excludes halogenated alkanes) is 6. The molecule has 1 aromatic carbocycles. The molecule has 2 rings (SSSR count). The summed E-state index contributed by atoms with van der Waals surface area (Å²) in [6.07, 6.45) is 9.14. The molecule has 0 N–H and O–H groups in total. The highest BCUT2D eigenvalue weighted by atomic mass is 79.9. The number of halogens is 1. The molecule has 1 aromatic rings. The molecule has 0 atom stereocenters. The van der Waals surface area contributed by atoms with Crippen LogP contribution >= 0.6 is 15.9 Å². The maximum atomic E-state index is 5.72. The fraction of sp³-hybridized carbons (Fsp3) is 0.647. The van der Waals surface area contributed by atoms with Gasteiger partial charge in [-0.15, -0.1) is 0 Å². The van der Waals surface area contributed by atoms with E-state index in [1.54, 1.807) is 0 Å². The van der Waals surface area contributed by atoms with Crippen LogP contribution < -0.4 is 9.47 Å². The van der Waals surface area contributed by atoms with E-state index in [9.17, 15) is 0 Å². The van der Waals surface area contributed by atoms with Crippen LogP contribution in [0, 0.1) is 0 Å². The van der Waals surface area contributed by atoms with E-state index in [0.29, 0.717) is 13.4 Å². The maximum Gasteiger partial charge on any atom is 0.231 e. The van der Waals surface area contributed by atoms with Gasteiger partial charge >= 0.3 is 0 Å². The van der Waals surface area contributed by atoms with Crippen LogP contribution in [-0.2, 0) is 11.3 Å². The van der Waals surface area contributed by atoms with Crippen molar-refractivity contribution in [3.05, 3.63) is 23.8 Å². The average molecular weight is 357 g/mol. The van der Waals surface area contributed by atoms with Gasteiger partial charge in [-0.2, -0.15) is 0 Å². The van der Waals surface area contributed by atoms with E-state index in [-0.39, 0.29) is 0 Å². The molecule has 0 spiro atoms. The molecule has 1 aliphatic heterocycles. The minimum Gasteiger partial charge on any atom is -0.454 e. The van der Waals surface area contributed by atoms with Crippen molar-refractivity contribution >= 4 is 15.9 Å². The molecule has 0 radical (unpaired) electrons. The Hall–Kier alpha value is -0.740. The lowest BCUT2D eigenvalue weighted by atomic mass is 10.1. The molecule has 0 unspecified atom stereocenters. The first kappa shape index (κ1) is 16.6. The van der Waals surface area contributed by atoms with Gasteiger partial charge in [-0.1, -0.05) is 54.1 Å². The number of rotatable bonds is 11. The number of alkyl halides is 1. The zero-order valence-corrected chi connectivity index (χ0v) is 14.2. The molecule has 0 amide bonds. The first-order chi connectivity index (χ1) is 10.4. The van der Waals surface area contributed by atoms with Gasteiger partial charge in [0.15, 0.2) is 11.5 Å². The lowest BCUT2D eigenvalue weighted by Gasteiger charge is -2.05. The van der Waals surface area contributed by atoms with E-state index in [1.165, 1.54) is 38.5 Å². The number of fused-ring (bicyclic) bond motifs is 1. The summed E-state index contributed by atoms with van der Waals surface area (Å²) in [4.78, 5) is 0. The SMILES string of the molecule is BrCCCCCCCCCOCc1ccc2c(c1)OCO2. The van der Waals surface area contributed by atoms with Gasteiger partial charge in [0.1, 0.15) is 0 Å². The van der Waals surface area contributed by atoms with Crippen molar-refractivity contribution < 1.29 is 14.2 Å². The molecule has 0 saturated heterocycles. The van der Waals surface area contributed by atoms with Crippen LogP contribution in [0.25, 0.3) is 0 Å². The van der Waals surface area contributed by atoms with Crippen molar-refractivity contribution in [3.8, 4) is 11.5 Å². The van der Waals surface area contributed by atoms with Crippen LogP contribution in [0.5, 0.6) is 11.5 Å². The zero-order valence-electron chi connectivity index (χ0n) is 12.6. The second kappa shape index (κ2) is 10.1. The van der Waals surface area contributed by atoms with Crippen molar-refractivity contribution in [2.45, 2.75) is 51.6 Å². The molecule has 0 saturated carbocycles. The van der Waals surface area contributed by atoms with E-state index >= 15 is 0 Å². The van der Waals surface area contributed by atoms with Crippen LogP contribution in [0.15, 0.2) is 18.2 Å². The van der Waals surface area contributed by atoms with Crippen molar-refractivity contribution in [1.29, 1.82) is 0 Å². The van der Waals surface area contributed by atoms with E-state index < -0.39 is 0 Å². The molecule has 118 valence electrons. The van der Waals surface area contributed by atoms with Gasteiger partial charge in [-0.25, -0.2) is 0 Å². The summed E-state index contributed by atoms with van der Waals surface area (Å²) in [7, 11) is 0. The van der Waals surface area contributed by atoms with Crippen LogP contribution in [0.3, 0.4) is 0 Å². The molecule has 0 bridgehead atoms. The number of hydrogen-bond donors (Lipinski definition) is 0. The summed E-state index contributed by atoms with van der Waals surface area (Å²) in [5.41, 5.74) is 1.15. The van der Waals surface area contributed by atoms with Crippen LogP contribution in [-0.4, -0.2) is 18.7 Å². The average Bonchev–Trinajstić information content (AvgIpc) is 2.97. The second-order valence-corrected chi connectivity index (χ2v) is 6.20. The minimum atomic E-state index is 0.329. The number of hydrogen-bond acceptors (Lipinski definition) is 3. The third-order valence-electron chi connectivity index (χ3n) is 3.63. The Labute approximate surface area is 136 Å². The summed E-state index contributed by atoms with van der Waals surface area (Å²) in [6.45, 7) is 1.83. The first-order valence-electron chi connectivity index (χ1n) is 7.92. The molecule has 21 heavy (non-hydrogen) atoms. The molecule has 1 aliphatic rings. The van der Waals surface area contributed by atoms with Gasteiger partial charge in [0.05, 0.1) is 6.61 Å². The van der Waals surface area contributed by atoms with Crippen molar-refractivity contribution in [3.63, 3.8) is 0 Å². The summed E-state index contributed by atoms with van der Waals surface area (Å²) < 4.78 is 16.4. The summed E-state index contributed by atoms with van der Waals surface area (Å²) in [5.74, 6) is 1.67. The van der Waals surface area contributed by atoms with Crippen LogP contribution in [0.1, 0.15) is 50.5 Å². The highest BCUT2D eigenvalue weighted by Crippen LogP contribution is 2.32. The Bertz CT molecular complexity index is 409. The Morgan fingerprint density at radius 2 is 1.62 bits per heavy atom. The van der Waals surface area contributed by atoms with Crippen molar-refractivity contribution in [2.24, 2.45) is 0 Å². The van der Waals surface area contributed by atoms with Crippen LogP contribution in [0.4, 0.5) is 0 Å². The Morgan fingerprint density at radius 1 is 0.905 bits per heavy atom. The quantitative estimate of drug-likeness (QED) is 0.409. The Kier molecular flexibility index (Phi) is 7.97. The topological polar surface area (TPSA) is 27.7 Å². The third-order valence-corrected chi connectivity index (χ3v) is 4.19. The van der Waals surface area contributed by atoms with E-state index in [1.807, 2.05) is 18.2 Å². The van der Waals surface area contributed by atoms with Crippen LogP contribution in [0.2, 0.25) is 0 Å². The molecule has 0 aromatic heterocycles. The largest absolute Gasteiger partial charge is 0.454 e. The number of ether oxygens (including phenoxy) is 3. The standard InChI is InChI=1S/C17H25BrO3/c18-10-6-4-2-1-3-5-7-11-19-13-15-8-9-16-17(12-15)21-14-20-16/h8-9,12H,1-7,10-11,13-14H2. The number of benzene rings is 1. The van der Waals surface area contributed by atoms with E-state index in [2.05, 4.69) is 15.9 Å². The second-order valence-electron chi connectivity index (χ2n) is 5.40. The van der Waals surface area contributed by atoms with Gasteiger partial charge in [0.25, 0.3) is 0 Å². The van der Waals surface area contributed by atoms with Crippen molar-refractivity contribution in [2.75, 3.05) is 18.7 Å². The molecule has 1 heterocycles. The van der Waals surface area contributed by atoms with Gasteiger partial charge in [-0.3, -0.25) is 0 Å². The smallest absolute Gasteiger partial charge is 0.231 e. The zero-order chi connectivity index (χ0) is 14.8. The lowest BCUT2D eigenvalue weighted by molar-refractivity contribution is 0.116. The highest BCUT2D eigenvalue weighted by molar-refractivity contribution is 9.09. The highest BCUT2D eigenvalue weighted by Gasteiger charge is 2.12. The molecular weight excluding hydrogens is 332 g/mol. The van der Waals surface area contributed by atoms with E-state index in [4.69, 9.17) is 14.2 Å². The predicted octanol–water partition coefficient (Wildman–Crippen LogP) is 5.06. The predicted molar refractivity (Wildman–Crippen MR) is 88.3 cm³/mol. The van der Waals surface area contributed by atoms with Crippen molar-refractivity contribution in [1.82, 2.24) is 0 Å². The van der Waals surface area contributed by atoms with E-state index in [0.717, 1.165) is 35.4 Å². The molecule has 0 aliphatic carbocycles. The minimum absolute atomic E-state index is 0.329. The summed E-state index contributed by atoms with van der Waals surface area (Å²) >= 11 is 3.46. The fourth-order valence-electron chi connectivity index (χ4n) is 2.40. The van der Waals surface area contributed by atoms with Gasteiger partial charge in [0.2, 0.25) is 6.79 Å². The van der Waals surface area contributed by atoms with Gasteiger partial charge < -0.3 is 14.2 Å². The molecule has 4 heteroatoms. The normalized spacial score (nSPS) is 12.8. The molecule has 3 nitrogen and oxygen atoms in total. The third kappa shape index (κ3) is 6.27. The molecule has 0 fully saturated rings. The fourth-order valence-corrected chi connectivity index (χ4v) is 2.80. The monoisotopic (exact) mass is 356 g/mol. The van der Waals surface area contributed by atoms with Gasteiger partial charge in [-0.05, 0) is 30.5 Å².